The lowest BCUT2D eigenvalue weighted by molar-refractivity contribution is 0.0944. The first-order valence-electron chi connectivity index (χ1n) is 9.48. The molecule has 144 valence electrons. The summed E-state index contributed by atoms with van der Waals surface area (Å²) in [5.74, 6) is 0.474. The molecule has 0 saturated carbocycles. The number of hydrogen-bond donors (Lipinski definition) is 1. The van der Waals surface area contributed by atoms with Crippen LogP contribution in [0.2, 0.25) is 0 Å². The number of carbonyl (C=O) groups is 1. The molecule has 0 saturated heterocycles. The van der Waals surface area contributed by atoms with Crippen LogP contribution >= 0.6 is 0 Å². The number of nitrogens with one attached hydrogen (secondary N) is 1. The van der Waals surface area contributed by atoms with Crippen molar-refractivity contribution in [1.29, 1.82) is 0 Å². The van der Waals surface area contributed by atoms with E-state index in [1.807, 2.05) is 79.7 Å². The molecule has 29 heavy (non-hydrogen) atoms. The van der Waals surface area contributed by atoms with Gasteiger partial charge in [-0.25, -0.2) is 9.67 Å². The van der Waals surface area contributed by atoms with Gasteiger partial charge in [0.1, 0.15) is 0 Å². The Morgan fingerprint density at radius 2 is 1.83 bits per heavy atom. The minimum Gasteiger partial charge on any atom is -0.349 e. The van der Waals surface area contributed by atoms with Crippen molar-refractivity contribution in [3.63, 3.8) is 0 Å². The van der Waals surface area contributed by atoms with Crippen LogP contribution in [0.4, 0.5) is 0 Å². The van der Waals surface area contributed by atoms with Gasteiger partial charge in [0, 0.05) is 30.4 Å². The van der Waals surface area contributed by atoms with E-state index in [1.165, 1.54) is 0 Å². The molecule has 1 N–H and O–H groups in total. The summed E-state index contributed by atoms with van der Waals surface area (Å²) >= 11 is 0. The van der Waals surface area contributed by atoms with E-state index in [1.54, 1.807) is 10.9 Å². The van der Waals surface area contributed by atoms with E-state index in [0.717, 1.165) is 22.5 Å². The van der Waals surface area contributed by atoms with Crippen molar-refractivity contribution in [2.75, 3.05) is 6.54 Å². The van der Waals surface area contributed by atoms with E-state index < -0.39 is 0 Å². The fourth-order valence-corrected chi connectivity index (χ4v) is 3.05. The minimum atomic E-state index is -0.301. The number of benzene rings is 2. The van der Waals surface area contributed by atoms with Gasteiger partial charge in [0.25, 0.3) is 5.91 Å². The molecule has 4 rings (SSSR count). The van der Waals surface area contributed by atoms with Crippen LogP contribution in [0.15, 0.2) is 79.0 Å². The molecular formula is C23H21N5O. The lowest BCUT2D eigenvalue weighted by Crippen LogP contribution is -2.27. The van der Waals surface area contributed by atoms with Gasteiger partial charge in [-0.2, -0.15) is 0 Å². The molecule has 0 aliphatic rings. The van der Waals surface area contributed by atoms with Gasteiger partial charge in [0.15, 0.2) is 5.82 Å². The summed E-state index contributed by atoms with van der Waals surface area (Å²) in [6.07, 6.45) is 2.39. The quantitative estimate of drug-likeness (QED) is 0.552. The van der Waals surface area contributed by atoms with Crippen LogP contribution in [0.3, 0.4) is 0 Å². The third-order valence-electron chi connectivity index (χ3n) is 4.48. The maximum Gasteiger partial charge on any atom is 0.291 e. The van der Waals surface area contributed by atoms with Crippen molar-refractivity contribution in [2.45, 2.75) is 13.3 Å². The molecular weight excluding hydrogens is 362 g/mol. The topological polar surface area (TPSA) is 72.7 Å². The molecule has 6 heteroatoms. The second kappa shape index (κ2) is 8.48. The molecule has 0 aliphatic heterocycles. The zero-order valence-corrected chi connectivity index (χ0v) is 16.1. The van der Waals surface area contributed by atoms with Gasteiger partial charge >= 0.3 is 0 Å². The first-order valence-corrected chi connectivity index (χ1v) is 9.48. The first-order chi connectivity index (χ1) is 14.2. The summed E-state index contributed by atoms with van der Waals surface area (Å²) < 4.78 is 1.72. The average molecular weight is 383 g/mol. The number of rotatable bonds is 6. The summed E-state index contributed by atoms with van der Waals surface area (Å²) in [5, 5.41) is 7.39. The summed E-state index contributed by atoms with van der Waals surface area (Å²) in [4.78, 5) is 21.5. The SMILES string of the molecule is Cc1cccc(-n2nc(C(=O)NCCc3ccccn3)nc2-c2ccccc2)c1. The standard InChI is InChI=1S/C23H21N5O/c1-17-8-7-12-20(16-17)28-22(18-9-3-2-4-10-18)26-21(27-28)23(29)25-15-13-19-11-5-6-14-24-19/h2-12,14,16H,13,15H2,1H3,(H,25,29). The molecule has 1 amide bonds. The molecule has 0 atom stereocenters. The molecule has 6 nitrogen and oxygen atoms in total. The van der Waals surface area contributed by atoms with Crippen molar-refractivity contribution in [3.05, 3.63) is 96.1 Å². The van der Waals surface area contributed by atoms with Crippen molar-refractivity contribution in [2.24, 2.45) is 0 Å². The van der Waals surface area contributed by atoms with Gasteiger partial charge in [-0.15, -0.1) is 5.10 Å². The van der Waals surface area contributed by atoms with Gasteiger partial charge in [-0.1, -0.05) is 48.5 Å². The molecule has 0 aliphatic carbocycles. The largest absolute Gasteiger partial charge is 0.349 e. The number of nitrogens with zero attached hydrogens (tertiary/aromatic N) is 4. The first kappa shape index (κ1) is 18.6. The molecule has 4 aromatic rings. The number of amides is 1. The van der Waals surface area contributed by atoms with E-state index in [9.17, 15) is 4.79 Å². The molecule has 2 aromatic carbocycles. The monoisotopic (exact) mass is 383 g/mol. The molecule has 0 radical (unpaired) electrons. The third kappa shape index (κ3) is 4.38. The number of aryl methyl sites for hydroxylation is 1. The number of pyridine rings is 1. The van der Waals surface area contributed by atoms with E-state index >= 15 is 0 Å². The van der Waals surface area contributed by atoms with Gasteiger partial charge in [-0.05, 0) is 36.8 Å². The minimum absolute atomic E-state index is 0.145. The average Bonchev–Trinajstić information content (AvgIpc) is 3.21. The fourth-order valence-electron chi connectivity index (χ4n) is 3.05. The van der Waals surface area contributed by atoms with Crippen LogP contribution < -0.4 is 5.32 Å². The van der Waals surface area contributed by atoms with Gasteiger partial charge in [-0.3, -0.25) is 9.78 Å². The van der Waals surface area contributed by atoms with Gasteiger partial charge < -0.3 is 5.32 Å². The predicted molar refractivity (Wildman–Crippen MR) is 112 cm³/mol. The van der Waals surface area contributed by atoms with Crippen LogP contribution in [0, 0.1) is 6.92 Å². The third-order valence-corrected chi connectivity index (χ3v) is 4.48. The Balaban J connectivity index is 1.60. The fraction of sp³-hybridized carbons (Fsp3) is 0.130. The highest BCUT2D eigenvalue weighted by Crippen LogP contribution is 2.21. The smallest absolute Gasteiger partial charge is 0.291 e. The van der Waals surface area contributed by atoms with Crippen LogP contribution in [0.5, 0.6) is 0 Å². The summed E-state index contributed by atoms with van der Waals surface area (Å²) in [7, 11) is 0. The molecule has 0 fully saturated rings. The normalized spacial score (nSPS) is 10.7. The Morgan fingerprint density at radius 3 is 2.59 bits per heavy atom. The number of carbonyl (C=O) groups excluding carboxylic acids is 1. The van der Waals surface area contributed by atoms with Crippen molar-refractivity contribution in [1.82, 2.24) is 25.1 Å². The van der Waals surface area contributed by atoms with Gasteiger partial charge in [0.2, 0.25) is 5.82 Å². The highest BCUT2D eigenvalue weighted by Gasteiger charge is 2.18. The molecule has 0 spiro atoms. The van der Waals surface area contributed by atoms with Crippen molar-refractivity contribution >= 4 is 5.91 Å². The van der Waals surface area contributed by atoms with E-state index in [0.29, 0.717) is 18.8 Å². The summed E-state index contributed by atoms with van der Waals surface area (Å²) in [6.45, 7) is 2.49. The second-order valence-electron chi connectivity index (χ2n) is 6.70. The Bertz CT molecular complexity index is 1110. The Labute approximate surface area is 169 Å². The maximum absolute atomic E-state index is 12.7. The molecule has 2 heterocycles. The highest BCUT2D eigenvalue weighted by atomic mass is 16.2. The summed E-state index contributed by atoms with van der Waals surface area (Å²) in [6, 6.07) is 23.4. The lowest BCUT2D eigenvalue weighted by Gasteiger charge is -2.06. The van der Waals surface area contributed by atoms with E-state index in [4.69, 9.17) is 0 Å². The highest BCUT2D eigenvalue weighted by molar-refractivity contribution is 5.91. The zero-order valence-electron chi connectivity index (χ0n) is 16.1. The van der Waals surface area contributed by atoms with Gasteiger partial charge in [0.05, 0.1) is 5.69 Å². The van der Waals surface area contributed by atoms with Crippen LogP contribution in [-0.4, -0.2) is 32.2 Å². The lowest BCUT2D eigenvalue weighted by atomic mass is 10.2. The Morgan fingerprint density at radius 1 is 1.00 bits per heavy atom. The molecule has 2 aromatic heterocycles. The van der Waals surface area contributed by atoms with Crippen LogP contribution in [0.1, 0.15) is 21.9 Å². The summed E-state index contributed by atoms with van der Waals surface area (Å²) in [5.41, 5.74) is 3.80. The Kier molecular flexibility index (Phi) is 5.42. The Hall–Kier alpha value is -3.80. The van der Waals surface area contributed by atoms with Crippen molar-refractivity contribution < 1.29 is 4.79 Å². The zero-order chi connectivity index (χ0) is 20.1. The van der Waals surface area contributed by atoms with E-state index in [-0.39, 0.29) is 11.7 Å². The second-order valence-corrected chi connectivity index (χ2v) is 6.70. The predicted octanol–water partition coefficient (Wildman–Crippen LogP) is 3.61. The van der Waals surface area contributed by atoms with E-state index in [2.05, 4.69) is 20.4 Å². The van der Waals surface area contributed by atoms with Crippen molar-refractivity contribution in [3.8, 4) is 17.1 Å². The molecule has 0 unspecified atom stereocenters. The molecule has 0 bridgehead atoms. The maximum atomic E-state index is 12.7. The number of hydrogen-bond acceptors (Lipinski definition) is 4. The van der Waals surface area contributed by atoms with Crippen LogP contribution in [-0.2, 0) is 6.42 Å². The van der Waals surface area contributed by atoms with Crippen LogP contribution in [0.25, 0.3) is 17.1 Å². The number of aromatic nitrogens is 4.